The Morgan fingerprint density at radius 3 is 3.00 bits per heavy atom. The lowest BCUT2D eigenvalue weighted by Crippen LogP contribution is -2.80. The van der Waals surface area contributed by atoms with E-state index in [9.17, 15) is 0 Å². The topological polar surface area (TPSA) is 53.0 Å². The summed E-state index contributed by atoms with van der Waals surface area (Å²) in [5.41, 5.74) is 0. The quantitative estimate of drug-likeness (QED) is 0.408. The lowest BCUT2D eigenvalue weighted by atomic mass is 10.5. The van der Waals surface area contributed by atoms with E-state index in [0.29, 0.717) is 0 Å². The molecule has 0 atom stereocenters. The van der Waals surface area contributed by atoms with Gasteiger partial charge < -0.3 is 10.6 Å². The zero-order valence-electron chi connectivity index (χ0n) is 6.43. The average molecular weight is 153 g/mol. The molecule has 0 spiro atoms. The summed E-state index contributed by atoms with van der Waals surface area (Å²) in [6.45, 7) is 4.11. The number of nitrogens with zero attached hydrogens (tertiary/aromatic N) is 1. The maximum atomic E-state index is 4.27. The van der Waals surface area contributed by atoms with Gasteiger partial charge in [-0.05, 0) is 0 Å². The van der Waals surface area contributed by atoms with Crippen molar-refractivity contribution in [1.82, 2.24) is 10.6 Å². The second-order valence-corrected chi connectivity index (χ2v) is 2.71. The molecule has 0 radical (unpaired) electrons. The highest BCUT2D eigenvalue weighted by Gasteiger charge is 2.11. The Labute approximate surface area is 65.8 Å². The summed E-state index contributed by atoms with van der Waals surface area (Å²) < 4.78 is 0. The molecule has 2 aliphatic heterocycles. The van der Waals surface area contributed by atoms with Crippen LogP contribution in [0.5, 0.6) is 0 Å². The van der Waals surface area contributed by atoms with Crippen molar-refractivity contribution in [2.75, 3.05) is 26.2 Å². The minimum absolute atomic E-state index is 0.916. The van der Waals surface area contributed by atoms with E-state index in [1.54, 1.807) is 0 Å². The predicted octanol–water partition coefficient (Wildman–Crippen LogP) is -2.00. The van der Waals surface area contributed by atoms with Crippen LogP contribution < -0.4 is 16.0 Å². The maximum Gasteiger partial charge on any atom is 0.201 e. The van der Waals surface area contributed by atoms with Crippen LogP contribution in [-0.2, 0) is 0 Å². The first-order valence-electron chi connectivity index (χ1n) is 4.02. The van der Waals surface area contributed by atoms with Crippen molar-refractivity contribution in [3.8, 4) is 0 Å². The van der Waals surface area contributed by atoms with Crippen LogP contribution in [0.4, 0.5) is 0 Å². The maximum absolute atomic E-state index is 4.27. The number of rotatable bonds is 1. The molecule has 0 aromatic rings. The third-order valence-corrected chi connectivity index (χ3v) is 1.83. The van der Waals surface area contributed by atoms with Crippen molar-refractivity contribution in [3.63, 3.8) is 0 Å². The third kappa shape index (κ3) is 1.51. The first kappa shape index (κ1) is 6.67. The zero-order valence-corrected chi connectivity index (χ0v) is 6.43. The number of quaternary nitrogens is 1. The minimum atomic E-state index is 0.916. The van der Waals surface area contributed by atoms with Gasteiger partial charge in [-0.1, -0.05) is 0 Å². The lowest BCUT2D eigenvalue weighted by Gasteiger charge is -1.95. The van der Waals surface area contributed by atoms with Crippen LogP contribution >= 0.6 is 0 Å². The fourth-order valence-electron chi connectivity index (χ4n) is 1.29. The Morgan fingerprint density at radius 2 is 2.36 bits per heavy atom. The van der Waals surface area contributed by atoms with Crippen LogP contribution in [-0.4, -0.2) is 32.0 Å². The van der Waals surface area contributed by atoms with Gasteiger partial charge in [-0.15, -0.1) is 0 Å². The SMILES string of the molecule is C(=C1NCC[NH2+]1)C1=NCCN1. The molecule has 2 aliphatic rings. The highest BCUT2D eigenvalue weighted by Crippen LogP contribution is 1.88. The molecule has 4 heteroatoms. The van der Waals surface area contributed by atoms with Crippen LogP contribution in [0.25, 0.3) is 0 Å². The van der Waals surface area contributed by atoms with Crippen LogP contribution in [0.2, 0.25) is 0 Å². The summed E-state index contributed by atoms with van der Waals surface area (Å²) in [6.07, 6.45) is 2.07. The van der Waals surface area contributed by atoms with Crippen LogP contribution in [0.15, 0.2) is 16.9 Å². The fourth-order valence-corrected chi connectivity index (χ4v) is 1.29. The lowest BCUT2D eigenvalue weighted by molar-refractivity contribution is -0.590. The van der Waals surface area contributed by atoms with Crippen molar-refractivity contribution < 1.29 is 5.32 Å². The first-order chi connectivity index (χ1) is 5.45. The van der Waals surface area contributed by atoms with E-state index in [1.165, 1.54) is 5.82 Å². The van der Waals surface area contributed by atoms with Gasteiger partial charge in [-0.3, -0.25) is 10.3 Å². The van der Waals surface area contributed by atoms with E-state index < -0.39 is 0 Å². The van der Waals surface area contributed by atoms with Gasteiger partial charge in [0.05, 0.1) is 25.7 Å². The molecule has 0 aliphatic carbocycles. The Morgan fingerprint density at radius 1 is 1.36 bits per heavy atom. The number of hydrogen-bond acceptors (Lipinski definition) is 3. The normalized spacial score (nSPS) is 26.5. The van der Waals surface area contributed by atoms with Gasteiger partial charge in [-0.25, -0.2) is 0 Å². The van der Waals surface area contributed by atoms with Gasteiger partial charge in [0, 0.05) is 6.54 Å². The van der Waals surface area contributed by atoms with Crippen molar-refractivity contribution in [2.45, 2.75) is 0 Å². The van der Waals surface area contributed by atoms with Gasteiger partial charge in [0.25, 0.3) is 0 Å². The van der Waals surface area contributed by atoms with E-state index in [4.69, 9.17) is 0 Å². The molecular weight excluding hydrogens is 140 g/mol. The predicted molar refractivity (Wildman–Crippen MR) is 43.2 cm³/mol. The van der Waals surface area contributed by atoms with Gasteiger partial charge in [0.15, 0.2) is 0 Å². The number of hydrogen-bond donors (Lipinski definition) is 3. The monoisotopic (exact) mass is 153 g/mol. The molecule has 11 heavy (non-hydrogen) atoms. The number of nitrogens with one attached hydrogen (secondary N) is 2. The minimum Gasteiger partial charge on any atom is -0.368 e. The molecule has 0 aromatic heterocycles. The molecule has 1 saturated heterocycles. The van der Waals surface area contributed by atoms with Crippen LogP contribution in [0, 0.1) is 0 Å². The van der Waals surface area contributed by atoms with E-state index in [-0.39, 0.29) is 0 Å². The Kier molecular flexibility index (Phi) is 1.77. The fraction of sp³-hybridized carbons (Fsp3) is 0.571. The largest absolute Gasteiger partial charge is 0.368 e. The van der Waals surface area contributed by atoms with E-state index in [1.807, 2.05) is 0 Å². The molecule has 1 fully saturated rings. The van der Waals surface area contributed by atoms with E-state index in [2.05, 4.69) is 27.0 Å². The van der Waals surface area contributed by atoms with Gasteiger partial charge in [-0.2, -0.15) is 0 Å². The van der Waals surface area contributed by atoms with Crippen molar-refractivity contribution in [1.29, 1.82) is 0 Å². The average Bonchev–Trinajstić information content (AvgIpc) is 2.60. The zero-order chi connectivity index (χ0) is 7.52. The van der Waals surface area contributed by atoms with Crippen LogP contribution in [0.1, 0.15) is 0 Å². The van der Waals surface area contributed by atoms with Crippen molar-refractivity contribution in [3.05, 3.63) is 11.9 Å². The molecule has 2 rings (SSSR count). The summed E-state index contributed by atoms with van der Waals surface area (Å²) in [5, 5.41) is 8.66. The number of nitrogens with two attached hydrogens (primary N) is 1. The van der Waals surface area contributed by atoms with Crippen molar-refractivity contribution in [2.24, 2.45) is 4.99 Å². The summed E-state index contributed by atoms with van der Waals surface area (Å²) in [7, 11) is 0. The molecule has 0 bridgehead atoms. The molecule has 0 amide bonds. The molecule has 60 valence electrons. The van der Waals surface area contributed by atoms with Crippen LogP contribution in [0.3, 0.4) is 0 Å². The smallest absolute Gasteiger partial charge is 0.201 e. The molecule has 0 saturated carbocycles. The summed E-state index contributed by atoms with van der Waals surface area (Å²) in [4.78, 5) is 4.27. The number of aliphatic imine (C=N–C) groups is 1. The molecular formula is C7H13N4+. The Balaban J connectivity index is 2.00. The molecule has 0 unspecified atom stereocenters. The molecule has 4 nitrogen and oxygen atoms in total. The van der Waals surface area contributed by atoms with Gasteiger partial charge in [0.1, 0.15) is 5.84 Å². The Hall–Kier alpha value is -1.03. The van der Waals surface area contributed by atoms with Gasteiger partial charge in [0.2, 0.25) is 5.82 Å². The molecule has 4 N–H and O–H groups in total. The summed E-state index contributed by atoms with van der Waals surface area (Å²) >= 11 is 0. The second-order valence-electron chi connectivity index (χ2n) is 2.71. The highest BCUT2D eigenvalue weighted by atomic mass is 15.2. The van der Waals surface area contributed by atoms with E-state index >= 15 is 0 Å². The molecule has 2 heterocycles. The van der Waals surface area contributed by atoms with Gasteiger partial charge >= 0.3 is 0 Å². The molecule has 0 aromatic carbocycles. The number of amidine groups is 1. The third-order valence-electron chi connectivity index (χ3n) is 1.83. The standard InChI is InChI=1S/C7H12N4/c1-2-9-6(8-1)5-7-10-3-4-11-7/h5,8-9H,1-4H2,(H,10,11)/p+1. The van der Waals surface area contributed by atoms with Crippen molar-refractivity contribution >= 4 is 5.84 Å². The van der Waals surface area contributed by atoms with E-state index in [0.717, 1.165) is 32.0 Å². The Bertz CT molecular complexity index is 198. The summed E-state index contributed by atoms with van der Waals surface area (Å²) in [5.74, 6) is 2.23. The highest BCUT2D eigenvalue weighted by molar-refractivity contribution is 5.94. The second kappa shape index (κ2) is 2.92. The summed E-state index contributed by atoms with van der Waals surface area (Å²) in [6, 6.07) is 0. The first-order valence-corrected chi connectivity index (χ1v) is 4.02.